The molecule has 0 saturated heterocycles. The molecule has 0 fully saturated rings. The van der Waals surface area contributed by atoms with Crippen molar-refractivity contribution in [3.63, 3.8) is 0 Å². The molecule has 0 aliphatic carbocycles. The summed E-state index contributed by atoms with van der Waals surface area (Å²) in [7, 11) is 0. The Kier molecular flexibility index (Phi) is 3.70. The number of hydrogen-bond acceptors (Lipinski definition) is 4. The van der Waals surface area contributed by atoms with Gasteiger partial charge in [-0.05, 0) is 30.3 Å². The van der Waals surface area contributed by atoms with Crippen LogP contribution in [0.2, 0.25) is 5.02 Å². The number of nitrogens with zero attached hydrogens (tertiary/aromatic N) is 5. The van der Waals surface area contributed by atoms with Gasteiger partial charge in [-0.3, -0.25) is 0 Å². The lowest BCUT2D eigenvalue weighted by atomic mass is 10.1. The highest BCUT2D eigenvalue weighted by Gasteiger charge is 2.17. The summed E-state index contributed by atoms with van der Waals surface area (Å²) in [5.74, 6) is -0.528. The van der Waals surface area contributed by atoms with Crippen molar-refractivity contribution in [3.8, 4) is 22.5 Å². The summed E-state index contributed by atoms with van der Waals surface area (Å²) in [6.07, 6.45) is 4.86. The van der Waals surface area contributed by atoms with Crippen molar-refractivity contribution in [3.05, 3.63) is 59.8 Å². The van der Waals surface area contributed by atoms with Gasteiger partial charge in [-0.25, -0.2) is 13.9 Å². The van der Waals surface area contributed by atoms with Crippen LogP contribution in [0.15, 0.2) is 48.9 Å². The molecule has 0 amide bonds. The smallest absolute Gasteiger partial charge is 0.187 e. The predicted molar refractivity (Wildman–Crippen MR) is 88.7 cm³/mol. The van der Waals surface area contributed by atoms with E-state index in [-0.39, 0.29) is 17.4 Å². The first-order valence-electron chi connectivity index (χ1n) is 6.80. The molecule has 24 heavy (non-hydrogen) atoms. The molecule has 0 aliphatic rings. The minimum absolute atomic E-state index is 0.0288. The summed E-state index contributed by atoms with van der Waals surface area (Å²) in [4.78, 5) is 4.13. The Hall–Kier alpha value is -2.45. The van der Waals surface area contributed by atoms with E-state index >= 15 is 0 Å². The van der Waals surface area contributed by atoms with E-state index in [9.17, 15) is 8.28 Å². The van der Waals surface area contributed by atoms with E-state index in [4.69, 9.17) is 11.6 Å². The van der Waals surface area contributed by atoms with E-state index in [2.05, 4.69) is 15.2 Å². The molecule has 1 aromatic carbocycles. The number of aromatic nitrogens is 5. The van der Waals surface area contributed by atoms with Gasteiger partial charge in [0.1, 0.15) is 11.5 Å². The zero-order valence-corrected chi connectivity index (χ0v) is 13.5. The quantitative estimate of drug-likeness (QED) is 0.540. The second-order valence-corrected chi connectivity index (χ2v) is 5.86. The average Bonchev–Trinajstić information content (AvgIpc) is 3.22. The highest BCUT2D eigenvalue weighted by molar-refractivity contribution is 7.92. The van der Waals surface area contributed by atoms with Crippen molar-refractivity contribution in [2.75, 3.05) is 0 Å². The third-order valence-corrected chi connectivity index (χ3v) is 4.11. The Morgan fingerprint density at radius 1 is 1.12 bits per heavy atom. The van der Waals surface area contributed by atoms with Gasteiger partial charge in [0.25, 0.3) is 0 Å². The van der Waals surface area contributed by atoms with Crippen molar-refractivity contribution < 1.29 is 8.28 Å². The number of benzene rings is 1. The van der Waals surface area contributed by atoms with Gasteiger partial charge in [-0.15, -0.1) is 3.89 Å². The predicted octanol–water partition coefficient (Wildman–Crippen LogP) is 4.43. The molecule has 0 spiro atoms. The first-order chi connectivity index (χ1) is 11.7. The molecule has 4 rings (SSSR count). The highest BCUT2D eigenvalue weighted by Crippen LogP contribution is 2.33. The van der Waals surface area contributed by atoms with E-state index in [0.29, 0.717) is 28.2 Å². The van der Waals surface area contributed by atoms with Gasteiger partial charge in [-0.1, -0.05) is 11.6 Å². The summed E-state index contributed by atoms with van der Waals surface area (Å²) in [6.45, 7) is 0. The van der Waals surface area contributed by atoms with Crippen molar-refractivity contribution in [2.45, 2.75) is 0 Å². The molecule has 120 valence electrons. The normalized spacial score (nSPS) is 11.3. The molecular weight excluding hydrogens is 356 g/mol. The Morgan fingerprint density at radius 2 is 2.00 bits per heavy atom. The number of imidazole rings is 1. The number of rotatable bonds is 3. The maximum atomic E-state index is 13.4. The second-order valence-electron chi connectivity index (χ2n) is 4.94. The fraction of sp³-hybridized carbons (Fsp3) is 0. The van der Waals surface area contributed by atoms with Crippen LogP contribution in [0.1, 0.15) is 0 Å². The molecule has 0 saturated carbocycles. The third-order valence-electron chi connectivity index (χ3n) is 3.49. The van der Waals surface area contributed by atoms with Gasteiger partial charge in [0.15, 0.2) is 18.0 Å². The largest absolute Gasteiger partial charge is 0.236 e. The summed E-state index contributed by atoms with van der Waals surface area (Å²) < 4.78 is 29.1. The second kappa shape index (κ2) is 5.88. The number of fused-ring (bicyclic) bond motifs is 1. The fourth-order valence-corrected chi connectivity index (χ4v) is 2.83. The van der Waals surface area contributed by atoms with Crippen LogP contribution in [0.25, 0.3) is 28.2 Å². The Morgan fingerprint density at radius 3 is 2.79 bits per heavy atom. The molecule has 0 unspecified atom stereocenters. The maximum Gasteiger partial charge on any atom is 0.187 e. The monoisotopic (exact) mass is 363 g/mol. The van der Waals surface area contributed by atoms with Crippen molar-refractivity contribution in [1.29, 1.82) is 0 Å². The van der Waals surface area contributed by atoms with E-state index in [1.54, 1.807) is 29.0 Å². The molecule has 0 aliphatic heterocycles. The van der Waals surface area contributed by atoms with E-state index in [1.165, 1.54) is 24.4 Å². The molecule has 0 bridgehead atoms. The minimum Gasteiger partial charge on any atom is -0.236 e. The van der Waals surface area contributed by atoms with E-state index in [0.717, 1.165) is 4.09 Å². The van der Waals surface area contributed by atoms with Crippen LogP contribution in [0, 0.1) is 5.82 Å². The lowest BCUT2D eigenvalue weighted by Crippen LogP contribution is -1.93. The van der Waals surface area contributed by atoms with E-state index in [1.807, 2.05) is 0 Å². The SMILES string of the molecule is FSn1cc(-c2ccc3nccn3n2)c(-c2ccc(F)c(Cl)c2)n1. The number of halogens is 3. The lowest BCUT2D eigenvalue weighted by molar-refractivity contribution is 0.628. The molecule has 0 atom stereocenters. The average molecular weight is 364 g/mol. The summed E-state index contributed by atoms with van der Waals surface area (Å²) >= 11 is 5.81. The molecule has 0 N–H and O–H groups in total. The van der Waals surface area contributed by atoms with Crippen molar-refractivity contribution in [2.24, 2.45) is 0 Å². The molecule has 3 heterocycles. The molecule has 3 aromatic heterocycles. The Balaban J connectivity index is 1.91. The zero-order valence-electron chi connectivity index (χ0n) is 11.9. The molecule has 9 heteroatoms. The van der Waals surface area contributed by atoms with Crippen LogP contribution in [-0.2, 0) is 0 Å². The van der Waals surface area contributed by atoms with Gasteiger partial charge < -0.3 is 0 Å². The molecule has 4 aromatic rings. The van der Waals surface area contributed by atoms with Crippen molar-refractivity contribution >= 4 is 29.6 Å². The fourth-order valence-electron chi connectivity index (χ4n) is 2.39. The maximum absolute atomic E-state index is 13.4. The third kappa shape index (κ3) is 2.53. The van der Waals surface area contributed by atoms with Crippen LogP contribution in [-0.4, -0.2) is 23.8 Å². The van der Waals surface area contributed by atoms with Crippen LogP contribution in [0.5, 0.6) is 0 Å². The first kappa shape index (κ1) is 15.1. The summed E-state index contributed by atoms with van der Waals surface area (Å²) in [6, 6.07) is 7.79. The molecular formula is C15H8ClF2N5S. The molecule has 0 radical (unpaired) electrons. The van der Waals surface area contributed by atoms with Gasteiger partial charge in [0.2, 0.25) is 0 Å². The molecule has 5 nitrogen and oxygen atoms in total. The van der Waals surface area contributed by atoms with Gasteiger partial charge >= 0.3 is 0 Å². The zero-order chi connectivity index (χ0) is 16.7. The standard InChI is InChI=1S/C15H8ClF2N5S/c16-11-7-9(1-2-12(11)17)15-10(8-23(21-15)24-18)13-3-4-14-19-5-6-22(14)20-13/h1-8H. The van der Waals surface area contributed by atoms with E-state index < -0.39 is 5.82 Å². The highest BCUT2D eigenvalue weighted by atomic mass is 35.5. The lowest BCUT2D eigenvalue weighted by Gasteiger charge is -2.04. The Bertz CT molecular complexity index is 1050. The number of hydrogen-bond donors (Lipinski definition) is 0. The summed E-state index contributed by atoms with van der Waals surface area (Å²) in [5, 5.41) is 8.58. The van der Waals surface area contributed by atoms with Crippen LogP contribution in [0.4, 0.5) is 8.28 Å². The first-order valence-corrected chi connectivity index (χ1v) is 7.86. The minimum atomic E-state index is -0.528. The van der Waals surface area contributed by atoms with Gasteiger partial charge in [0, 0.05) is 23.5 Å². The Labute approximate surface area is 144 Å². The van der Waals surface area contributed by atoms with Gasteiger partial charge in [-0.2, -0.15) is 14.3 Å². The van der Waals surface area contributed by atoms with Crippen molar-refractivity contribution in [1.82, 2.24) is 23.8 Å². The van der Waals surface area contributed by atoms with Crippen LogP contribution >= 0.6 is 23.9 Å². The van der Waals surface area contributed by atoms with Gasteiger partial charge in [0.05, 0.1) is 16.9 Å². The summed E-state index contributed by atoms with van der Waals surface area (Å²) in [5.41, 5.74) is 2.89. The van der Waals surface area contributed by atoms with Crippen LogP contribution in [0.3, 0.4) is 0 Å². The van der Waals surface area contributed by atoms with Crippen LogP contribution < -0.4 is 0 Å². The topological polar surface area (TPSA) is 48.0 Å².